The fraction of sp³-hybridized carbons (Fsp3) is 0.423. The molecule has 8 rings (SSSR count). The van der Waals surface area contributed by atoms with Crippen molar-refractivity contribution in [3.8, 4) is 0 Å². The molecule has 3 saturated heterocycles. The molecule has 0 radical (unpaired) electrons. The van der Waals surface area contributed by atoms with Crippen molar-refractivity contribution in [3.05, 3.63) is 149 Å². The van der Waals surface area contributed by atoms with Crippen LogP contribution in [-0.4, -0.2) is 119 Å². The Morgan fingerprint density at radius 2 is 1.54 bits per heavy atom. The van der Waals surface area contributed by atoms with E-state index < -0.39 is 89.7 Å². The summed E-state index contributed by atoms with van der Waals surface area (Å²) in [7, 11) is 1.54. The minimum Gasteiger partial charge on any atom is -0.499 e. The van der Waals surface area contributed by atoms with Gasteiger partial charge in [-0.15, -0.1) is 0 Å². The number of nitrogens with zero attached hydrogens (tertiary/aromatic N) is 2. The highest BCUT2D eigenvalue weighted by Crippen LogP contribution is 2.59. The van der Waals surface area contributed by atoms with Gasteiger partial charge in [0, 0.05) is 37.4 Å². The average molecular weight is 918 g/mol. The third kappa shape index (κ3) is 9.89. The molecule has 15 heteroatoms. The van der Waals surface area contributed by atoms with E-state index in [9.17, 15) is 19.5 Å². The summed E-state index contributed by atoms with van der Waals surface area (Å²) in [4.78, 5) is 66.3. The number of carbonyl (C=O) groups excluding carboxylic acids is 4. The maximum atomic E-state index is 16.0. The molecule has 2 amide bonds. The Morgan fingerprint density at radius 3 is 2.18 bits per heavy atom. The number of aliphatic hydroxyl groups is 2. The molecule has 0 spiro atoms. The molecule has 1 saturated carbocycles. The molecule has 15 nitrogen and oxygen atoms in total. The van der Waals surface area contributed by atoms with Gasteiger partial charge in [-0.2, -0.15) is 5.06 Å². The van der Waals surface area contributed by atoms with E-state index in [0.717, 1.165) is 16.7 Å². The topological polar surface area (TPSA) is 183 Å². The van der Waals surface area contributed by atoms with Crippen LogP contribution in [0, 0.1) is 5.41 Å². The van der Waals surface area contributed by atoms with E-state index >= 15 is 4.79 Å². The summed E-state index contributed by atoms with van der Waals surface area (Å²) < 4.78 is 31.3. The number of hydroxylamine groups is 2. The summed E-state index contributed by atoms with van der Waals surface area (Å²) >= 11 is 0. The van der Waals surface area contributed by atoms with Gasteiger partial charge < -0.3 is 44.1 Å². The van der Waals surface area contributed by atoms with Gasteiger partial charge in [0.05, 0.1) is 32.1 Å². The largest absolute Gasteiger partial charge is 0.499 e. The van der Waals surface area contributed by atoms with Crippen LogP contribution in [0.3, 0.4) is 0 Å². The number of aliphatic hydroxyl groups excluding tert-OH is 2. The number of carbonyl (C=O) groups is 4. The summed E-state index contributed by atoms with van der Waals surface area (Å²) in [6.45, 7) is 4.89. The van der Waals surface area contributed by atoms with E-state index in [-0.39, 0.29) is 45.4 Å². The molecule has 0 aromatic heterocycles. The molecular formula is C52H59N3O12. The van der Waals surface area contributed by atoms with Gasteiger partial charge >= 0.3 is 11.9 Å². The van der Waals surface area contributed by atoms with Crippen LogP contribution in [0.25, 0.3) is 6.08 Å². The first-order chi connectivity index (χ1) is 32.3. The number of fused-ring (bicyclic) bond motifs is 4. The Labute approximate surface area is 390 Å². The number of ether oxygens (including phenoxy) is 5. The van der Waals surface area contributed by atoms with Gasteiger partial charge in [-0.3, -0.25) is 24.0 Å². The molecule has 354 valence electrons. The molecule has 3 N–H and O–H groups in total. The van der Waals surface area contributed by atoms with Crippen molar-refractivity contribution in [2.24, 2.45) is 5.41 Å². The van der Waals surface area contributed by atoms with E-state index in [0.29, 0.717) is 11.1 Å². The van der Waals surface area contributed by atoms with Gasteiger partial charge in [0.15, 0.2) is 6.04 Å². The molecule has 0 unspecified atom stereocenters. The number of benzene rings is 4. The molecule has 1 aliphatic carbocycles. The number of amides is 2. The molecule has 2 bridgehead atoms. The van der Waals surface area contributed by atoms with Gasteiger partial charge in [-0.05, 0) is 50.0 Å². The molecule has 67 heavy (non-hydrogen) atoms. The van der Waals surface area contributed by atoms with Crippen LogP contribution in [0.4, 0.5) is 0 Å². The zero-order valence-corrected chi connectivity index (χ0v) is 38.2. The summed E-state index contributed by atoms with van der Waals surface area (Å²) in [5.74, 6) is -3.72. The van der Waals surface area contributed by atoms with Crippen molar-refractivity contribution in [1.29, 1.82) is 0 Å². The van der Waals surface area contributed by atoms with Crippen LogP contribution in [0.1, 0.15) is 67.9 Å². The lowest BCUT2D eigenvalue weighted by Crippen LogP contribution is -2.70. The third-order valence-electron chi connectivity index (χ3n) is 12.8. The quantitative estimate of drug-likeness (QED) is 0.0703. The Morgan fingerprint density at radius 1 is 0.896 bits per heavy atom. The summed E-state index contributed by atoms with van der Waals surface area (Å²) in [6, 6.07) is 32.4. The van der Waals surface area contributed by atoms with Crippen LogP contribution in [0.15, 0.2) is 122 Å². The number of hydrogen-bond acceptors (Lipinski definition) is 13. The van der Waals surface area contributed by atoms with Crippen LogP contribution in [0.2, 0.25) is 0 Å². The number of hydrogen-bond donors (Lipinski definition) is 3. The highest BCUT2D eigenvalue weighted by molar-refractivity contribution is 5.96. The number of esters is 2. The normalized spacial score (nSPS) is 24.9. The molecule has 4 aromatic carbocycles. The van der Waals surface area contributed by atoms with Gasteiger partial charge in [-0.1, -0.05) is 115 Å². The molecule has 3 heterocycles. The highest BCUT2D eigenvalue weighted by atomic mass is 16.8. The predicted molar refractivity (Wildman–Crippen MR) is 244 cm³/mol. The number of nitrogens with one attached hydrogen (secondary N) is 1. The van der Waals surface area contributed by atoms with E-state index in [2.05, 4.69) is 5.32 Å². The van der Waals surface area contributed by atoms with Gasteiger partial charge in [0.25, 0.3) is 0 Å². The van der Waals surface area contributed by atoms with Crippen molar-refractivity contribution in [2.45, 2.75) is 107 Å². The molecule has 4 aromatic rings. The van der Waals surface area contributed by atoms with Crippen molar-refractivity contribution in [1.82, 2.24) is 15.3 Å². The maximum Gasteiger partial charge on any atom is 0.327 e. The van der Waals surface area contributed by atoms with Crippen LogP contribution < -0.4 is 5.32 Å². The monoisotopic (exact) mass is 917 g/mol. The van der Waals surface area contributed by atoms with Crippen molar-refractivity contribution in [3.63, 3.8) is 0 Å². The summed E-state index contributed by atoms with van der Waals surface area (Å²) in [5.41, 5.74) is 1.32. The van der Waals surface area contributed by atoms with E-state index in [1.54, 1.807) is 33.9 Å². The lowest BCUT2D eigenvalue weighted by molar-refractivity contribution is -0.214. The SMILES string of the molecule is CN(C(=O)[C@@]12C[C@H]3OC(=O)[C@@H]1N(Cc1cccc(C=COCCO)c1)O[C@@H]2[C@H]1OC(c2ccccc2)(c2ccccc2)O[C@H]13)[C@H](Cc1ccccc1)C(=O)N[C@H](CO)CCC(=O)OC(C)(C)C. The molecule has 4 fully saturated rings. The maximum absolute atomic E-state index is 16.0. The predicted octanol–water partition coefficient (Wildman–Crippen LogP) is 4.82. The summed E-state index contributed by atoms with van der Waals surface area (Å²) in [5, 5.41) is 24.0. The lowest BCUT2D eigenvalue weighted by Gasteiger charge is -2.50. The lowest BCUT2D eigenvalue weighted by atomic mass is 9.62. The Kier molecular flexibility index (Phi) is 14.3. The first-order valence-electron chi connectivity index (χ1n) is 22.8. The zero-order chi connectivity index (χ0) is 47.3. The number of likely N-dealkylation sites (N-methyl/N-ethyl adjacent to an activating group) is 1. The van der Waals surface area contributed by atoms with Crippen LogP contribution in [-0.2, 0) is 66.5 Å². The van der Waals surface area contributed by atoms with E-state index in [1.165, 1.54) is 16.2 Å². The fourth-order valence-corrected chi connectivity index (χ4v) is 9.80. The third-order valence-corrected chi connectivity index (χ3v) is 12.8. The minimum absolute atomic E-state index is 0.00225. The standard InChI is InChI=1S/C52H59N3O12/c1-50(2,3)64-42(58)24-23-39(33-57)53-47(59)40(30-34-15-8-5-9-16-34)54(4)49(61)51-31-41-43-44(66-52(65-43,37-19-10-6-11-20-37)38-21-12-7-13-22-38)46(51)67-55(45(51)48(60)63-41)32-36-18-14-17-35(29-36)25-27-62-28-26-56/h5-22,25,27,29,39-41,43-46,56-57H,23-24,26,28,30-33H2,1-4H3,(H,53,59)/t39-,40+,41+,43-,44-,45-,46+,51-/m0/s1. The fourth-order valence-electron chi connectivity index (χ4n) is 9.80. The molecular weight excluding hydrogens is 859 g/mol. The molecule has 3 aliphatic heterocycles. The van der Waals surface area contributed by atoms with E-state index in [1.807, 2.05) is 115 Å². The Hall–Kier alpha value is -5.94. The second-order valence-corrected chi connectivity index (χ2v) is 18.5. The zero-order valence-electron chi connectivity index (χ0n) is 38.2. The van der Waals surface area contributed by atoms with Crippen molar-refractivity contribution < 1.29 is 57.9 Å². The Bertz CT molecular complexity index is 2360. The van der Waals surface area contributed by atoms with Crippen molar-refractivity contribution >= 4 is 29.8 Å². The van der Waals surface area contributed by atoms with Crippen LogP contribution in [0.5, 0.6) is 0 Å². The first-order valence-corrected chi connectivity index (χ1v) is 22.8. The van der Waals surface area contributed by atoms with Crippen LogP contribution >= 0.6 is 0 Å². The first kappa shape index (κ1) is 47.5. The van der Waals surface area contributed by atoms with Gasteiger partial charge in [0.1, 0.15) is 48.1 Å². The van der Waals surface area contributed by atoms with Gasteiger partial charge in [-0.25, -0.2) is 0 Å². The second kappa shape index (κ2) is 20.1. The van der Waals surface area contributed by atoms with E-state index in [4.69, 9.17) is 33.6 Å². The minimum atomic E-state index is -1.65. The second-order valence-electron chi connectivity index (χ2n) is 18.5. The Balaban J connectivity index is 1.17. The summed E-state index contributed by atoms with van der Waals surface area (Å²) in [6.07, 6.45) is -0.510. The highest BCUT2D eigenvalue weighted by Gasteiger charge is 2.77. The van der Waals surface area contributed by atoms with Gasteiger partial charge in [0.2, 0.25) is 17.6 Å². The van der Waals surface area contributed by atoms with Crippen molar-refractivity contribution in [2.75, 3.05) is 26.9 Å². The molecule has 8 atom stereocenters. The molecule has 4 aliphatic rings. The number of rotatable bonds is 18. The average Bonchev–Trinajstić information content (AvgIpc) is 3.91. The smallest absolute Gasteiger partial charge is 0.327 e.